The lowest BCUT2D eigenvalue weighted by Crippen LogP contribution is -2.41. The molecule has 2 N–H and O–H groups in total. The van der Waals surface area contributed by atoms with Crippen molar-refractivity contribution in [1.29, 1.82) is 0 Å². The third-order valence-electron chi connectivity index (χ3n) is 8.22. The minimum Gasteiger partial charge on any atom is -0.465 e. The smallest absolute Gasteiger partial charge is 0.339 e. The highest BCUT2D eigenvalue weighted by Gasteiger charge is 2.25. The summed E-state index contributed by atoms with van der Waals surface area (Å²) in [7, 11) is 1.32. The maximum Gasteiger partial charge on any atom is 0.339 e. The maximum absolute atomic E-state index is 13.2. The van der Waals surface area contributed by atoms with Gasteiger partial charge in [0.25, 0.3) is 5.91 Å². The lowest BCUT2D eigenvalue weighted by atomic mass is 9.85. The molecule has 6 rings (SSSR count). The average Bonchev–Trinajstić information content (AvgIpc) is 3.48. The topological polar surface area (TPSA) is 128 Å². The molecular formula is C35H34N6O4. The van der Waals surface area contributed by atoms with Crippen molar-refractivity contribution >= 4 is 34.4 Å². The molecule has 1 fully saturated rings. The molecule has 45 heavy (non-hydrogen) atoms. The van der Waals surface area contributed by atoms with E-state index in [1.807, 2.05) is 41.1 Å². The molecule has 0 bridgehead atoms. The molecule has 3 heterocycles. The number of aromatic nitrogens is 4. The van der Waals surface area contributed by atoms with Gasteiger partial charge < -0.3 is 15.4 Å². The number of benzene rings is 2. The fourth-order valence-electron chi connectivity index (χ4n) is 5.84. The quantitative estimate of drug-likeness (QED) is 0.206. The van der Waals surface area contributed by atoms with E-state index in [-0.39, 0.29) is 11.8 Å². The van der Waals surface area contributed by atoms with Crippen LogP contribution in [0.25, 0.3) is 27.8 Å². The number of amides is 2. The molecule has 10 heteroatoms. The molecular weight excluding hydrogens is 568 g/mol. The second kappa shape index (κ2) is 13.1. The normalized spacial score (nSPS) is 14.1. The Labute approximate surface area is 260 Å². The summed E-state index contributed by atoms with van der Waals surface area (Å²) < 4.78 is 6.70. The maximum atomic E-state index is 13.2. The summed E-state index contributed by atoms with van der Waals surface area (Å²) in [5.74, 6) is -0.0486. The van der Waals surface area contributed by atoms with Gasteiger partial charge in [-0.3, -0.25) is 14.6 Å². The van der Waals surface area contributed by atoms with E-state index in [0.717, 1.165) is 46.4 Å². The fourth-order valence-corrected chi connectivity index (χ4v) is 5.84. The summed E-state index contributed by atoms with van der Waals surface area (Å²) in [4.78, 5) is 46.7. The van der Waals surface area contributed by atoms with E-state index in [2.05, 4.69) is 20.6 Å². The molecule has 2 aromatic carbocycles. The number of hydrogen-bond donors (Lipinski definition) is 2. The van der Waals surface area contributed by atoms with Crippen LogP contribution in [0.3, 0.4) is 0 Å². The number of hydrogen-bond acceptors (Lipinski definition) is 7. The zero-order chi connectivity index (χ0) is 31.3. The van der Waals surface area contributed by atoms with Crippen LogP contribution in [0.4, 0.5) is 5.69 Å². The molecule has 0 unspecified atom stereocenters. The van der Waals surface area contributed by atoms with Crippen LogP contribution in [0.15, 0.2) is 85.3 Å². The average molecular weight is 603 g/mol. The van der Waals surface area contributed by atoms with Crippen molar-refractivity contribution in [3.05, 3.63) is 102 Å². The molecule has 0 spiro atoms. The Bertz CT molecular complexity index is 1850. The zero-order valence-electron chi connectivity index (χ0n) is 25.2. The fraction of sp³-hybridized carbons (Fsp3) is 0.257. The summed E-state index contributed by atoms with van der Waals surface area (Å²) in [5.41, 5.74) is 4.76. The number of rotatable bonds is 8. The first kappa shape index (κ1) is 29.7. The Hall–Kier alpha value is -5.38. The van der Waals surface area contributed by atoms with Crippen molar-refractivity contribution in [2.75, 3.05) is 12.4 Å². The third kappa shape index (κ3) is 6.45. The molecule has 3 aromatic heterocycles. The van der Waals surface area contributed by atoms with Crippen LogP contribution in [-0.4, -0.2) is 50.7 Å². The molecule has 0 aliphatic heterocycles. The molecule has 0 radical (unpaired) electrons. The van der Waals surface area contributed by atoms with Gasteiger partial charge in [0.05, 0.1) is 23.9 Å². The lowest BCUT2D eigenvalue weighted by Gasteiger charge is -2.22. The standard InChI is InChI=1S/C35H34N6O4/c1-22(33(42)39-28-14-11-23(12-15-28)26-18-27(21-36-20-26)35(44)45-2)38-34(43)25-13-16-29-30(19-25)40-41(31-10-6-7-17-37-31)32(29)24-8-4-3-5-9-24/h6-7,10-22,24H,3-5,8-9H2,1-2H3,(H,38,43)(H,39,42)/t22-/m1/s1. The van der Waals surface area contributed by atoms with Gasteiger partial charge in [-0.15, -0.1) is 0 Å². The second-order valence-electron chi connectivity index (χ2n) is 11.3. The Balaban J connectivity index is 1.15. The summed E-state index contributed by atoms with van der Waals surface area (Å²) in [6, 6.07) is 19.4. The van der Waals surface area contributed by atoms with Crippen LogP contribution >= 0.6 is 0 Å². The van der Waals surface area contributed by atoms with Gasteiger partial charge >= 0.3 is 5.97 Å². The van der Waals surface area contributed by atoms with Crippen LogP contribution in [-0.2, 0) is 9.53 Å². The van der Waals surface area contributed by atoms with Crippen molar-refractivity contribution in [2.24, 2.45) is 0 Å². The van der Waals surface area contributed by atoms with E-state index in [9.17, 15) is 14.4 Å². The van der Waals surface area contributed by atoms with Crippen LogP contribution in [0.5, 0.6) is 0 Å². The van der Waals surface area contributed by atoms with Crippen molar-refractivity contribution < 1.29 is 19.1 Å². The minimum absolute atomic E-state index is 0.349. The third-order valence-corrected chi connectivity index (χ3v) is 8.22. The Morgan fingerprint density at radius 3 is 2.44 bits per heavy atom. The second-order valence-corrected chi connectivity index (χ2v) is 11.3. The van der Waals surface area contributed by atoms with Crippen LogP contribution < -0.4 is 10.6 Å². The van der Waals surface area contributed by atoms with E-state index >= 15 is 0 Å². The number of carbonyl (C=O) groups is 3. The van der Waals surface area contributed by atoms with E-state index in [1.54, 1.807) is 49.6 Å². The number of fused-ring (bicyclic) bond motifs is 1. The monoisotopic (exact) mass is 602 g/mol. The molecule has 2 amide bonds. The summed E-state index contributed by atoms with van der Waals surface area (Å²) in [5, 5.41) is 11.6. The van der Waals surface area contributed by atoms with Gasteiger partial charge in [-0.1, -0.05) is 43.5 Å². The highest BCUT2D eigenvalue weighted by molar-refractivity contribution is 6.02. The van der Waals surface area contributed by atoms with Crippen molar-refractivity contribution in [1.82, 2.24) is 25.1 Å². The van der Waals surface area contributed by atoms with Crippen molar-refractivity contribution in [3.63, 3.8) is 0 Å². The molecule has 228 valence electrons. The van der Waals surface area contributed by atoms with E-state index in [4.69, 9.17) is 9.84 Å². The molecule has 1 aliphatic carbocycles. The van der Waals surface area contributed by atoms with Gasteiger partial charge in [-0.25, -0.2) is 14.5 Å². The number of nitrogens with zero attached hydrogens (tertiary/aromatic N) is 4. The molecule has 0 saturated heterocycles. The van der Waals surface area contributed by atoms with Gasteiger partial charge in [0.2, 0.25) is 5.91 Å². The summed E-state index contributed by atoms with van der Waals surface area (Å²) >= 11 is 0. The van der Waals surface area contributed by atoms with Gasteiger partial charge in [0.15, 0.2) is 5.82 Å². The van der Waals surface area contributed by atoms with Gasteiger partial charge in [-0.2, -0.15) is 5.10 Å². The van der Waals surface area contributed by atoms with Crippen LogP contribution in [0, 0.1) is 0 Å². The zero-order valence-corrected chi connectivity index (χ0v) is 25.2. The Morgan fingerprint density at radius 1 is 0.911 bits per heavy atom. The van der Waals surface area contributed by atoms with Gasteiger partial charge in [0, 0.05) is 46.7 Å². The number of esters is 1. The summed E-state index contributed by atoms with van der Waals surface area (Å²) in [6.07, 6.45) is 10.7. The highest BCUT2D eigenvalue weighted by atomic mass is 16.5. The van der Waals surface area contributed by atoms with Crippen LogP contribution in [0.1, 0.15) is 71.4 Å². The first-order valence-corrected chi connectivity index (χ1v) is 15.1. The van der Waals surface area contributed by atoms with E-state index < -0.39 is 12.0 Å². The predicted molar refractivity (Wildman–Crippen MR) is 171 cm³/mol. The number of methoxy groups -OCH3 is 1. The van der Waals surface area contributed by atoms with Crippen LogP contribution in [0.2, 0.25) is 0 Å². The number of anilines is 1. The molecule has 1 aliphatic rings. The van der Waals surface area contributed by atoms with Gasteiger partial charge in [0.1, 0.15) is 6.04 Å². The van der Waals surface area contributed by atoms with Crippen molar-refractivity contribution in [3.8, 4) is 16.9 Å². The predicted octanol–water partition coefficient (Wildman–Crippen LogP) is 6.07. The molecule has 5 aromatic rings. The Kier molecular flexibility index (Phi) is 8.63. The Morgan fingerprint density at radius 2 is 1.71 bits per heavy atom. The van der Waals surface area contributed by atoms with Crippen molar-refractivity contribution in [2.45, 2.75) is 51.0 Å². The minimum atomic E-state index is -0.794. The number of pyridine rings is 2. The van der Waals surface area contributed by atoms with E-state index in [0.29, 0.717) is 22.7 Å². The molecule has 1 atom stereocenters. The number of carbonyl (C=O) groups excluding carboxylic acids is 3. The first-order valence-electron chi connectivity index (χ1n) is 15.1. The molecule has 1 saturated carbocycles. The number of ether oxygens (including phenoxy) is 1. The molecule has 10 nitrogen and oxygen atoms in total. The van der Waals surface area contributed by atoms with Gasteiger partial charge in [-0.05, 0) is 67.8 Å². The number of nitrogens with one attached hydrogen (secondary N) is 2. The largest absolute Gasteiger partial charge is 0.465 e. The van der Waals surface area contributed by atoms with E-state index in [1.165, 1.54) is 32.6 Å². The highest BCUT2D eigenvalue weighted by Crippen LogP contribution is 2.37. The lowest BCUT2D eigenvalue weighted by molar-refractivity contribution is -0.117. The SMILES string of the molecule is COC(=O)c1cncc(-c2ccc(NC(=O)[C@@H](C)NC(=O)c3ccc4c(C5CCCCC5)n(-c5ccccn5)nc4c3)cc2)c1. The summed E-state index contributed by atoms with van der Waals surface area (Å²) in [6.45, 7) is 1.64. The first-order chi connectivity index (χ1) is 21.9.